The third kappa shape index (κ3) is 2.96. The van der Waals surface area contributed by atoms with E-state index in [2.05, 4.69) is 54.6 Å². The molecule has 1 N–H and O–H groups in total. The maximum Gasteiger partial charge on any atom is 0.228 e. The van der Waals surface area contributed by atoms with E-state index >= 15 is 0 Å². The molecule has 2 atom stereocenters. The van der Waals surface area contributed by atoms with Gasteiger partial charge in [0.25, 0.3) is 0 Å². The smallest absolute Gasteiger partial charge is 0.228 e. The number of aromatic nitrogens is 4. The molecule has 126 valence electrons. The Morgan fingerprint density at radius 1 is 1.33 bits per heavy atom. The van der Waals surface area contributed by atoms with E-state index in [0.29, 0.717) is 11.7 Å². The van der Waals surface area contributed by atoms with Gasteiger partial charge in [0, 0.05) is 18.3 Å². The molecule has 2 unspecified atom stereocenters. The van der Waals surface area contributed by atoms with Crippen LogP contribution >= 0.6 is 0 Å². The molecule has 24 heavy (non-hydrogen) atoms. The molecule has 0 radical (unpaired) electrons. The molecule has 1 aliphatic rings. The second kappa shape index (κ2) is 5.85. The summed E-state index contributed by atoms with van der Waals surface area (Å²) in [5.41, 5.74) is 2.89. The molecule has 6 nitrogen and oxygen atoms in total. The molecule has 1 aromatic heterocycles. The quantitative estimate of drug-likeness (QED) is 0.877. The molecule has 1 aliphatic carbocycles. The minimum Gasteiger partial charge on any atom is -0.326 e. The van der Waals surface area contributed by atoms with E-state index in [9.17, 15) is 4.79 Å². The van der Waals surface area contributed by atoms with Crippen molar-refractivity contribution in [2.75, 3.05) is 5.32 Å². The molecule has 0 bridgehead atoms. The van der Waals surface area contributed by atoms with Gasteiger partial charge in [-0.05, 0) is 47.7 Å². The van der Waals surface area contributed by atoms with Gasteiger partial charge in [-0.15, -0.1) is 5.10 Å². The third-order valence-corrected chi connectivity index (χ3v) is 4.71. The van der Waals surface area contributed by atoms with Crippen LogP contribution in [0.2, 0.25) is 0 Å². The number of carbonyl (C=O) groups excluding carboxylic acids is 1. The van der Waals surface area contributed by atoms with Crippen LogP contribution in [-0.2, 0) is 11.8 Å². The number of hydrogen-bond acceptors (Lipinski definition) is 4. The molecule has 1 amide bonds. The first-order valence-corrected chi connectivity index (χ1v) is 8.09. The first-order valence-electron chi connectivity index (χ1n) is 8.09. The van der Waals surface area contributed by atoms with E-state index in [1.54, 1.807) is 11.7 Å². The fraction of sp³-hybridized carbons (Fsp3) is 0.444. The number of benzene rings is 1. The van der Waals surface area contributed by atoms with E-state index in [4.69, 9.17) is 0 Å². The van der Waals surface area contributed by atoms with E-state index in [1.807, 2.05) is 24.3 Å². The van der Waals surface area contributed by atoms with Crippen molar-refractivity contribution in [3.05, 3.63) is 35.9 Å². The first kappa shape index (κ1) is 16.4. The number of carbonyl (C=O) groups is 1. The molecule has 1 fully saturated rings. The molecule has 6 heteroatoms. The second-order valence-electron chi connectivity index (χ2n) is 7.26. The fourth-order valence-electron chi connectivity index (χ4n) is 3.28. The number of hydrogen-bond donors (Lipinski definition) is 1. The van der Waals surface area contributed by atoms with Gasteiger partial charge in [0.15, 0.2) is 5.82 Å². The van der Waals surface area contributed by atoms with E-state index in [0.717, 1.165) is 11.3 Å². The lowest BCUT2D eigenvalue weighted by Gasteiger charge is -2.08. The van der Waals surface area contributed by atoms with E-state index in [-0.39, 0.29) is 17.2 Å². The van der Waals surface area contributed by atoms with Crippen molar-refractivity contribution in [1.29, 1.82) is 0 Å². The molecule has 2 aromatic rings. The lowest BCUT2D eigenvalue weighted by Crippen LogP contribution is -2.16. The number of nitrogens with one attached hydrogen (secondary N) is 1. The van der Waals surface area contributed by atoms with Crippen LogP contribution in [0.15, 0.2) is 35.9 Å². The average Bonchev–Trinajstić information content (AvgIpc) is 2.82. The molecule has 0 aliphatic heterocycles. The molecule has 1 heterocycles. The lowest BCUT2D eigenvalue weighted by molar-refractivity contribution is -0.118. The van der Waals surface area contributed by atoms with Crippen LogP contribution in [0.3, 0.4) is 0 Å². The minimum atomic E-state index is 0.00643. The number of aryl methyl sites for hydroxylation is 1. The molecule has 0 spiro atoms. The predicted octanol–water partition coefficient (Wildman–Crippen LogP) is 3.05. The zero-order chi connectivity index (χ0) is 17.5. The van der Waals surface area contributed by atoms with Gasteiger partial charge >= 0.3 is 0 Å². The van der Waals surface area contributed by atoms with Gasteiger partial charge in [-0.25, -0.2) is 4.68 Å². The predicted molar refractivity (Wildman–Crippen MR) is 93.1 cm³/mol. The van der Waals surface area contributed by atoms with Crippen molar-refractivity contribution in [1.82, 2.24) is 20.2 Å². The van der Waals surface area contributed by atoms with Gasteiger partial charge in [-0.3, -0.25) is 4.79 Å². The Labute approximate surface area is 142 Å². The number of allylic oxidation sites excluding steroid dienone is 2. The summed E-state index contributed by atoms with van der Waals surface area (Å²) < 4.78 is 1.61. The lowest BCUT2D eigenvalue weighted by atomic mass is 10.1. The third-order valence-electron chi connectivity index (χ3n) is 4.71. The van der Waals surface area contributed by atoms with Crippen LogP contribution in [0.25, 0.3) is 11.4 Å². The zero-order valence-corrected chi connectivity index (χ0v) is 14.7. The molecule has 1 saturated carbocycles. The SMILES string of the molecule is CC(C)=CC1C(C(=O)Nc2cccc(-c3nnnn3C)c2)C1(C)C. The number of tetrazole rings is 1. The van der Waals surface area contributed by atoms with Gasteiger partial charge in [0.2, 0.25) is 5.91 Å². The highest BCUT2D eigenvalue weighted by molar-refractivity contribution is 5.96. The van der Waals surface area contributed by atoms with Crippen LogP contribution in [-0.4, -0.2) is 26.1 Å². The summed E-state index contributed by atoms with van der Waals surface area (Å²) in [7, 11) is 1.79. The number of rotatable bonds is 4. The van der Waals surface area contributed by atoms with Crippen molar-refractivity contribution in [2.24, 2.45) is 24.3 Å². The minimum absolute atomic E-state index is 0.00643. The number of anilines is 1. The van der Waals surface area contributed by atoms with E-state index < -0.39 is 0 Å². The normalized spacial score (nSPS) is 21.2. The van der Waals surface area contributed by atoms with Crippen LogP contribution in [0, 0.1) is 17.3 Å². The van der Waals surface area contributed by atoms with Gasteiger partial charge in [0.05, 0.1) is 5.92 Å². The first-order chi connectivity index (χ1) is 11.3. The summed E-state index contributed by atoms with van der Waals surface area (Å²) in [6.07, 6.45) is 2.20. The van der Waals surface area contributed by atoms with Crippen molar-refractivity contribution in [2.45, 2.75) is 27.7 Å². The highest BCUT2D eigenvalue weighted by atomic mass is 16.2. The van der Waals surface area contributed by atoms with E-state index in [1.165, 1.54) is 5.57 Å². The Morgan fingerprint density at radius 2 is 2.08 bits per heavy atom. The van der Waals surface area contributed by atoms with Crippen LogP contribution < -0.4 is 5.32 Å². The standard InChI is InChI=1S/C18H23N5O/c1-11(2)9-14-15(18(14,3)4)17(24)19-13-8-6-7-12(10-13)16-20-21-22-23(16)5/h6-10,14-15H,1-5H3,(H,19,24). The van der Waals surface area contributed by atoms with Crippen LogP contribution in [0.1, 0.15) is 27.7 Å². The summed E-state index contributed by atoms with van der Waals surface area (Å²) in [5.74, 6) is 1.04. The van der Waals surface area contributed by atoms with Gasteiger partial charge in [-0.1, -0.05) is 37.6 Å². The zero-order valence-electron chi connectivity index (χ0n) is 14.7. The van der Waals surface area contributed by atoms with Crippen molar-refractivity contribution in [3.8, 4) is 11.4 Å². The average molecular weight is 325 g/mol. The monoisotopic (exact) mass is 325 g/mol. The second-order valence-corrected chi connectivity index (χ2v) is 7.26. The molecule has 0 saturated heterocycles. The Hall–Kier alpha value is -2.50. The summed E-state index contributed by atoms with van der Waals surface area (Å²) in [4.78, 5) is 12.7. The van der Waals surface area contributed by atoms with Gasteiger partial charge < -0.3 is 5.32 Å². The summed E-state index contributed by atoms with van der Waals surface area (Å²) >= 11 is 0. The molecule has 3 rings (SSSR count). The van der Waals surface area contributed by atoms with Gasteiger partial charge in [-0.2, -0.15) is 0 Å². The van der Waals surface area contributed by atoms with Crippen LogP contribution in [0.5, 0.6) is 0 Å². The number of amides is 1. The van der Waals surface area contributed by atoms with Gasteiger partial charge in [0.1, 0.15) is 0 Å². The summed E-state index contributed by atoms with van der Waals surface area (Å²) in [5, 5.41) is 14.5. The molecular formula is C18H23N5O. The Balaban J connectivity index is 1.77. The Kier molecular flexibility index (Phi) is 3.99. The van der Waals surface area contributed by atoms with Crippen molar-refractivity contribution < 1.29 is 4.79 Å². The largest absolute Gasteiger partial charge is 0.326 e. The summed E-state index contributed by atoms with van der Waals surface area (Å²) in [6.45, 7) is 8.43. The van der Waals surface area contributed by atoms with Crippen molar-refractivity contribution >= 4 is 11.6 Å². The molecule has 1 aromatic carbocycles. The molecular weight excluding hydrogens is 302 g/mol. The topological polar surface area (TPSA) is 72.7 Å². The highest BCUT2D eigenvalue weighted by Crippen LogP contribution is 2.59. The Morgan fingerprint density at radius 3 is 2.71 bits per heavy atom. The summed E-state index contributed by atoms with van der Waals surface area (Å²) in [6, 6.07) is 7.60. The fourth-order valence-corrected chi connectivity index (χ4v) is 3.28. The maximum atomic E-state index is 12.7. The number of nitrogens with zero attached hydrogens (tertiary/aromatic N) is 4. The Bertz CT molecular complexity index is 801. The maximum absolute atomic E-state index is 12.7. The van der Waals surface area contributed by atoms with Crippen LogP contribution in [0.4, 0.5) is 5.69 Å². The highest BCUT2D eigenvalue weighted by Gasteiger charge is 2.60. The van der Waals surface area contributed by atoms with Crippen molar-refractivity contribution in [3.63, 3.8) is 0 Å².